The maximum atomic E-state index is 12.5. The molecular formula is C27H37ClFN3O2. The predicted molar refractivity (Wildman–Crippen MR) is 136 cm³/mol. The van der Waals surface area contributed by atoms with E-state index in [0.29, 0.717) is 16.5 Å². The van der Waals surface area contributed by atoms with Gasteiger partial charge in [0.25, 0.3) is 0 Å². The van der Waals surface area contributed by atoms with E-state index in [-0.39, 0.29) is 18.3 Å². The fraction of sp³-hybridized carbons (Fsp3) is 0.519. The van der Waals surface area contributed by atoms with E-state index in [1.165, 1.54) is 43.1 Å². The highest BCUT2D eigenvalue weighted by molar-refractivity contribution is 6.30. The first kappa shape index (κ1) is 26.5. The molecule has 2 N–H and O–H groups in total. The van der Waals surface area contributed by atoms with E-state index >= 15 is 0 Å². The zero-order valence-electron chi connectivity index (χ0n) is 20.4. The summed E-state index contributed by atoms with van der Waals surface area (Å²) in [6.07, 6.45) is 4.60. The molecule has 0 aromatic heterocycles. The maximum absolute atomic E-state index is 12.5. The van der Waals surface area contributed by atoms with Crippen molar-refractivity contribution >= 4 is 17.5 Å². The zero-order chi connectivity index (χ0) is 24.5. The van der Waals surface area contributed by atoms with Crippen LogP contribution >= 0.6 is 11.6 Å². The smallest absolute Gasteiger partial charge is 0.236 e. The largest absolute Gasteiger partial charge is 0.492 e. The number of likely N-dealkylation sites (tertiary alicyclic amines) is 2. The first-order chi connectivity index (χ1) is 16.4. The summed E-state index contributed by atoms with van der Waals surface area (Å²) < 4.78 is 18.7. The molecule has 0 bridgehead atoms. The lowest BCUT2D eigenvalue weighted by Crippen LogP contribution is -2.41. The van der Waals surface area contributed by atoms with Crippen LogP contribution in [0.25, 0.3) is 0 Å². The topological polar surface area (TPSA) is 58.8 Å². The van der Waals surface area contributed by atoms with Crippen molar-refractivity contribution in [1.82, 2.24) is 9.80 Å². The lowest BCUT2D eigenvalue weighted by atomic mass is 9.88. The Morgan fingerprint density at radius 1 is 1.09 bits per heavy atom. The number of carbonyl (C=O) groups is 1. The maximum Gasteiger partial charge on any atom is 0.236 e. The van der Waals surface area contributed by atoms with Crippen LogP contribution in [0.4, 0.5) is 4.39 Å². The van der Waals surface area contributed by atoms with Crippen molar-refractivity contribution < 1.29 is 13.9 Å². The van der Waals surface area contributed by atoms with Crippen molar-refractivity contribution in [2.24, 2.45) is 5.73 Å². The van der Waals surface area contributed by atoms with Crippen LogP contribution in [0.5, 0.6) is 5.75 Å². The Kier molecular flexibility index (Phi) is 10.2. The number of nitrogens with two attached hydrogens (primary N) is 1. The average Bonchev–Trinajstić information content (AvgIpc) is 3.35. The fourth-order valence-corrected chi connectivity index (χ4v) is 4.69. The molecule has 0 aliphatic carbocycles. The second-order valence-electron chi connectivity index (χ2n) is 9.19. The van der Waals surface area contributed by atoms with Crippen molar-refractivity contribution in [2.45, 2.75) is 45.4 Å². The highest BCUT2D eigenvalue weighted by Crippen LogP contribution is 2.35. The minimum Gasteiger partial charge on any atom is -0.492 e. The molecule has 0 spiro atoms. The third kappa shape index (κ3) is 7.69. The summed E-state index contributed by atoms with van der Waals surface area (Å²) in [5, 5.41) is 0.443. The van der Waals surface area contributed by atoms with E-state index in [1.807, 2.05) is 4.90 Å². The minimum atomic E-state index is -0.248. The first-order valence-corrected chi connectivity index (χ1v) is 12.6. The van der Waals surface area contributed by atoms with Gasteiger partial charge in [-0.25, -0.2) is 4.39 Å². The van der Waals surface area contributed by atoms with Gasteiger partial charge in [-0.05, 0) is 93.4 Å². The summed E-state index contributed by atoms with van der Waals surface area (Å²) in [5.74, 6) is 1.30. The third-order valence-electron chi connectivity index (χ3n) is 6.63. The molecule has 0 atom stereocenters. The second kappa shape index (κ2) is 13.1. The summed E-state index contributed by atoms with van der Waals surface area (Å²) in [4.78, 5) is 16.1. The number of nitrogens with zero attached hydrogens (tertiary/aromatic N) is 2. The highest BCUT2D eigenvalue weighted by Gasteiger charge is 2.25. The fourth-order valence-electron chi connectivity index (χ4n) is 4.53. The summed E-state index contributed by atoms with van der Waals surface area (Å²) >= 11 is 5.48. The Bertz CT molecular complexity index is 941. The van der Waals surface area contributed by atoms with Gasteiger partial charge < -0.3 is 15.4 Å². The van der Waals surface area contributed by atoms with Crippen molar-refractivity contribution in [2.75, 3.05) is 45.9 Å². The molecule has 4 rings (SSSR count). The molecule has 2 aliphatic heterocycles. The standard InChI is InChI=1S/C20H31N3O2.C7H6ClF/c1-16-4-5-18(17-6-10-23(11-7-17)20(24)15-21)19(14-16)25-13-12-22-8-2-3-9-22;1-5-2-3-6(8)4-7(5)9/h4-5,14,17H,2-3,6-13,15,21H2,1H3;2-4H,1H3. The van der Waals surface area contributed by atoms with E-state index < -0.39 is 0 Å². The van der Waals surface area contributed by atoms with E-state index in [9.17, 15) is 9.18 Å². The number of hydrogen-bond donors (Lipinski definition) is 1. The molecule has 34 heavy (non-hydrogen) atoms. The monoisotopic (exact) mass is 489 g/mol. The summed E-state index contributed by atoms with van der Waals surface area (Å²) in [6.45, 7) is 9.68. The summed E-state index contributed by atoms with van der Waals surface area (Å²) in [6, 6.07) is 11.2. The van der Waals surface area contributed by atoms with Gasteiger partial charge in [-0.15, -0.1) is 0 Å². The van der Waals surface area contributed by atoms with Gasteiger partial charge in [0.1, 0.15) is 18.2 Å². The Labute approximate surface area is 208 Å². The van der Waals surface area contributed by atoms with E-state index in [1.54, 1.807) is 19.1 Å². The number of halogens is 2. The van der Waals surface area contributed by atoms with Gasteiger partial charge in [-0.3, -0.25) is 9.69 Å². The number of piperidine rings is 1. The van der Waals surface area contributed by atoms with E-state index in [4.69, 9.17) is 22.1 Å². The van der Waals surface area contributed by atoms with Gasteiger partial charge in [0.15, 0.2) is 0 Å². The molecule has 0 radical (unpaired) electrons. The molecule has 5 nitrogen and oxygen atoms in total. The molecule has 2 aliphatic rings. The first-order valence-electron chi connectivity index (χ1n) is 12.2. The molecule has 2 saturated heterocycles. The van der Waals surface area contributed by atoms with E-state index in [0.717, 1.165) is 44.8 Å². The Morgan fingerprint density at radius 2 is 1.79 bits per heavy atom. The Morgan fingerprint density at radius 3 is 2.41 bits per heavy atom. The minimum absolute atomic E-state index is 0.0597. The third-order valence-corrected chi connectivity index (χ3v) is 6.86. The average molecular weight is 490 g/mol. The van der Waals surface area contributed by atoms with Crippen LogP contribution in [0.1, 0.15) is 48.3 Å². The normalized spacial score (nSPS) is 16.8. The number of benzene rings is 2. The molecule has 2 heterocycles. The molecular weight excluding hydrogens is 453 g/mol. The predicted octanol–water partition coefficient (Wildman–Crippen LogP) is 4.92. The molecule has 0 unspecified atom stereocenters. The molecule has 2 fully saturated rings. The van der Waals surface area contributed by atoms with Crippen LogP contribution in [0.15, 0.2) is 36.4 Å². The van der Waals surface area contributed by atoms with Gasteiger partial charge >= 0.3 is 0 Å². The number of ether oxygens (including phenoxy) is 1. The SMILES string of the molecule is Cc1ccc(C2CCN(C(=O)CN)CC2)c(OCCN2CCCC2)c1.Cc1ccc(Cl)cc1F. The lowest BCUT2D eigenvalue weighted by molar-refractivity contribution is -0.130. The highest BCUT2D eigenvalue weighted by atomic mass is 35.5. The molecule has 186 valence electrons. The van der Waals surface area contributed by atoms with Crippen molar-refractivity contribution in [3.8, 4) is 5.75 Å². The molecule has 7 heteroatoms. The second-order valence-corrected chi connectivity index (χ2v) is 9.63. The van der Waals surface area contributed by atoms with Crippen molar-refractivity contribution in [3.63, 3.8) is 0 Å². The summed E-state index contributed by atoms with van der Waals surface area (Å²) in [5.41, 5.74) is 8.64. The van der Waals surface area contributed by atoms with Crippen LogP contribution in [0, 0.1) is 19.7 Å². The molecule has 2 aromatic carbocycles. The van der Waals surface area contributed by atoms with Crippen LogP contribution < -0.4 is 10.5 Å². The van der Waals surface area contributed by atoms with Crippen LogP contribution in [-0.2, 0) is 4.79 Å². The Hall–Kier alpha value is -2.15. The quantitative estimate of drug-likeness (QED) is 0.625. The van der Waals surface area contributed by atoms with Gasteiger partial charge in [0, 0.05) is 24.7 Å². The molecule has 2 aromatic rings. The molecule has 1 amide bonds. The van der Waals surface area contributed by atoms with Crippen molar-refractivity contribution in [1.29, 1.82) is 0 Å². The lowest BCUT2D eigenvalue weighted by Gasteiger charge is -2.32. The number of aryl methyl sites for hydroxylation is 2. The van der Waals surface area contributed by atoms with Crippen molar-refractivity contribution in [3.05, 3.63) is 63.9 Å². The summed E-state index contributed by atoms with van der Waals surface area (Å²) in [7, 11) is 0. The zero-order valence-corrected chi connectivity index (χ0v) is 21.1. The van der Waals surface area contributed by atoms with Crippen LogP contribution in [0.3, 0.4) is 0 Å². The number of amides is 1. The van der Waals surface area contributed by atoms with Gasteiger partial charge in [-0.1, -0.05) is 29.8 Å². The number of carbonyl (C=O) groups excluding carboxylic acids is 1. The molecule has 0 saturated carbocycles. The van der Waals surface area contributed by atoms with E-state index in [2.05, 4.69) is 30.0 Å². The van der Waals surface area contributed by atoms with Gasteiger partial charge in [0.05, 0.1) is 6.54 Å². The van der Waals surface area contributed by atoms with Gasteiger partial charge in [-0.2, -0.15) is 0 Å². The van der Waals surface area contributed by atoms with Gasteiger partial charge in [0.2, 0.25) is 5.91 Å². The van der Waals surface area contributed by atoms with Crippen LogP contribution in [0.2, 0.25) is 5.02 Å². The Balaban J connectivity index is 0.000000302. The number of rotatable bonds is 6. The number of hydrogen-bond acceptors (Lipinski definition) is 4. The van der Waals surface area contributed by atoms with Crippen LogP contribution in [-0.4, -0.2) is 61.6 Å².